The Kier molecular flexibility index (Phi) is 4.25. The number of aryl methyl sites for hydroxylation is 1. The molecule has 6 heteroatoms. The van der Waals surface area contributed by atoms with E-state index in [0.717, 1.165) is 0 Å². The summed E-state index contributed by atoms with van der Waals surface area (Å²) in [5.41, 5.74) is 0.490. The van der Waals surface area contributed by atoms with Gasteiger partial charge in [0.15, 0.2) is 5.69 Å². The maximum atomic E-state index is 11.6. The number of carboxylic acid groups (broad SMARTS) is 1. The second-order valence-electron chi connectivity index (χ2n) is 3.63. The number of carboxylic acids is 1. The van der Waals surface area contributed by atoms with Gasteiger partial charge in [0.25, 0.3) is 0 Å². The van der Waals surface area contributed by atoms with Crippen molar-refractivity contribution in [1.82, 2.24) is 9.78 Å². The van der Waals surface area contributed by atoms with Crippen LogP contribution in [-0.2, 0) is 16.6 Å². The monoisotopic (exact) mass is 240 g/mol. The molecule has 1 N–H and O–H groups in total. The maximum absolute atomic E-state index is 11.6. The van der Waals surface area contributed by atoms with Crippen LogP contribution in [0.25, 0.3) is 0 Å². The molecule has 0 fully saturated rings. The van der Waals surface area contributed by atoms with Gasteiger partial charge in [-0.2, -0.15) is 5.10 Å². The second kappa shape index (κ2) is 5.47. The van der Waals surface area contributed by atoms with E-state index in [1.807, 2.05) is 0 Å². The van der Waals surface area contributed by atoms with Crippen molar-refractivity contribution in [2.45, 2.75) is 26.2 Å². The highest BCUT2D eigenvalue weighted by atomic mass is 16.5. The highest BCUT2D eigenvalue weighted by molar-refractivity contribution is 5.91. The van der Waals surface area contributed by atoms with Gasteiger partial charge in [-0.1, -0.05) is 6.92 Å². The molecule has 0 spiro atoms. The van der Waals surface area contributed by atoms with Crippen molar-refractivity contribution in [3.8, 4) is 0 Å². The first-order valence-corrected chi connectivity index (χ1v) is 5.44. The molecule has 0 aromatic carbocycles. The van der Waals surface area contributed by atoms with Gasteiger partial charge in [0.1, 0.15) is 0 Å². The zero-order chi connectivity index (χ0) is 13.0. The van der Waals surface area contributed by atoms with E-state index in [4.69, 9.17) is 9.84 Å². The molecule has 1 unspecified atom stereocenters. The van der Waals surface area contributed by atoms with Crippen LogP contribution in [0.15, 0.2) is 6.20 Å². The lowest BCUT2D eigenvalue weighted by atomic mass is 9.97. The van der Waals surface area contributed by atoms with Crippen LogP contribution in [0.2, 0.25) is 0 Å². The quantitative estimate of drug-likeness (QED) is 0.781. The molecule has 0 saturated carbocycles. The van der Waals surface area contributed by atoms with E-state index < -0.39 is 17.9 Å². The Balaban J connectivity index is 3.14. The van der Waals surface area contributed by atoms with Crippen LogP contribution in [0.3, 0.4) is 0 Å². The van der Waals surface area contributed by atoms with Gasteiger partial charge in [0.05, 0.1) is 12.5 Å². The van der Waals surface area contributed by atoms with Crippen LogP contribution < -0.4 is 0 Å². The number of carbonyl (C=O) groups is 2. The molecular formula is C11H16N2O4. The molecule has 6 nitrogen and oxygen atoms in total. The first-order valence-electron chi connectivity index (χ1n) is 5.44. The van der Waals surface area contributed by atoms with Crippen molar-refractivity contribution in [1.29, 1.82) is 0 Å². The third-order valence-corrected chi connectivity index (χ3v) is 2.41. The Morgan fingerprint density at radius 3 is 2.65 bits per heavy atom. The predicted octanol–water partition coefficient (Wildman–Crippen LogP) is 1.18. The molecule has 94 valence electrons. The lowest BCUT2D eigenvalue weighted by Crippen LogP contribution is -2.15. The van der Waals surface area contributed by atoms with E-state index in [2.05, 4.69) is 5.10 Å². The molecule has 0 radical (unpaired) electrons. The van der Waals surface area contributed by atoms with Crippen molar-refractivity contribution < 1.29 is 19.4 Å². The average Bonchev–Trinajstić information content (AvgIpc) is 2.61. The zero-order valence-corrected chi connectivity index (χ0v) is 10.1. The summed E-state index contributed by atoms with van der Waals surface area (Å²) in [5, 5.41) is 13.0. The standard InChI is InChI=1S/C11H16N2O4/c1-4-7(10(14)15)8-6-13(3)12-9(8)11(16)17-5-2/h6-7H,4-5H2,1-3H3,(H,14,15). The van der Waals surface area contributed by atoms with E-state index >= 15 is 0 Å². The highest BCUT2D eigenvalue weighted by Crippen LogP contribution is 2.23. The molecule has 1 aromatic heterocycles. The van der Waals surface area contributed by atoms with Crippen molar-refractivity contribution in [2.24, 2.45) is 7.05 Å². The first-order chi connectivity index (χ1) is 8.01. The van der Waals surface area contributed by atoms with E-state index in [-0.39, 0.29) is 12.3 Å². The van der Waals surface area contributed by atoms with Gasteiger partial charge in [0.2, 0.25) is 0 Å². The number of carbonyl (C=O) groups excluding carboxylic acids is 1. The molecule has 1 atom stereocenters. The minimum Gasteiger partial charge on any atom is -0.481 e. The number of ether oxygens (including phenoxy) is 1. The molecule has 0 aliphatic heterocycles. The minimum atomic E-state index is -0.967. The summed E-state index contributed by atoms with van der Waals surface area (Å²) in [6.45, 7) is 3.68. The molecule has 1 heterocycles. The Bertz CT molecular complexity index is 425. The van der Waals surface area contributed by atoms with Crippen LogP contribution in [0.4, 0.5) is 0 Å². The summed E-state index contributed by atoms with van der Waals surface area (Å²) < 4.78 is 6.27. The fraction of sp³-hybridized carbons (Fsp3) is 0.545. The zero-order valence-electron chi connectivity index (χ0n) is 10.1. The third kappa shape index (κ3) is 2.83. The Morgan fingerprint density at radius 2 is 2.18 bits per heavy atom. The minimum absolute atomic E-state index is 0.0867. The van der Waals surface area contributed by atoms with Crippen molar-refractivity contribution in [3.05, 3.63) is 17.5 Å². The van der Waals surface area contributed by atoms with Crippen molar-refractivity contribution in [2.75, 3.05) is 6.61 Å². The normalized spacial score (nSPS) is 12.2. The number of nitrogens with zero attached hydrogens (tertiary/aromatic N) is 2. The molecule has 0 aliphatic rings. The topological polar surface area (TPSA) is 81.4 Å². The number of rotatable bonds is 5. The molecule has 0 saturated heterocycles. The van der Waals surface area contributed by atoms with Gasteiger partial charge in [-0.3, -0.25) is 9.48 Å². The first kappa shape index (κ1) is 13.2. The lowest BCUT2D eigenvalue weighted by Gasteiger charge is -2.08. The number of aromatic nitrogens is 2. The third-order valence-electron chi connectivity index (χ3n) is 2.41. The Labute approximate surface area is 99.2 Å². The second-order valence-corrected chi connectivity index (χ2v) is 3.63. The number of hydrogen-bond donors (Lipinski definition) is 1. The summed E-state index contributed by atoms with van der Waals surface area (Å²) >= 11 is 0. The summed E-state index contributed by atoms with van der Waals surface area (Å²) in [6, 6.07) is 0. The van der Waals surface area contributed by atoms with Crippen LogP contribution in [0, 0.1) is 0 Å². The summed E-state index contributed by atoms with van der Waals surface area (Å²) in [5.74, 6) is -2.28. The van der Waals surface area contributed by atoms with Gasteiger partial charge in [-0.15, -0.1) is 0 Å². The number of esters is 1. The molecule has 0 bridgehead atoms. The predicted molar refractivity (Wildman–Crippen MR) is 59.8 cm³/mol. The van der Waals surface area contributed by atoms with E-state index in [0.29, 0.717) is 12.0 Å². The summed E-state index contributed by atoms with van der Waals surface area (Å²) in [6.07, 6.45) is 1.95. The van der Waals surface area contributed by atoms with Crippen LogP contribution in [-0.4, -0.2) is 33.4 Å². The van der Waals surface area contributed by atoms with E-state index in [1.54, 1.807) is 27.1 Å². The van der Waals surface area contributed by atoms with E-state index in [1.165, 1.54) is 4.68 Å². The number of hydrogen-bond acceptors (Lipinski definition) is 4. The largest absolute Gasteiger partial charge is 0.481 e. The average molecular weight is 240 g/mol. The fourth-order valence-corrected chi connectivity index (χ4v) is 1.65. The SMILES string of the molecule is CCOC(=O)c1nn(C)cc1C(CC)C(=O)O. The molecule has 1 rings (SSSR count). The smallest absolute Gasteiger partial charge is 0.359 e. The Hall–Kier alpha value is -1.85. The molecular weight excluding hydrogens is 224 g/mol. The van der Waals surface area contributed by atoms with Crippen LogP contribution >= 0.6 is 0 Å². The highest BCUT2D eigenvalue weighted by Gasteiger charge is 2.27. The van der Waals surface area contributed by atoms with Gasteiger partial charge < -0.3 is 9.84 Å². The summed E-state index contributed by atoms with van der Waals surface area (Å²) in [4.78, 5) is 22.7. The number of aliphatic carboxylic acids is 1. The lowest BCUT2D eigenvalue weighted by molar-refractivity contribution is -0.138. The van der Waals surface area contributed by atoms with Crippen LogP contribution in [0.1, 0.15) is 42.2 Å². The van der Waals surface area contributed by atoms with Crippen LogP contribution in [0.5, 0.6) is 0 Å². The molecule has 1 aromatic rings. The van der Waals surface area contributed by atoms with E-state index in [9.17, 15) is 9.59 Å². The fourth-order valence-electron chi connectivity index (χ4n) is 1.65. The maximum Gasteiger partial charge on any atom is 0.359 e. The Morgan fingerprint density at radius 1 is 1.53 bits per heavy atom. The molecule has 17 heavy (non-hydrogen) atoms. The van der Waals surface area contributed by atoms with Crippen molar-refractivity contribution >= 4 is 11.9 Å². The summed E-state index contributed by atoms with van der Waals surface area (Å²) in [7, 11) is 1.64. The van der Waals surface area contributed by atoms with Gasteiger partial charge in [-0.25, -0.2) is 4.79 Å². The van der Waals surface area contributed by atoms with Gasteiger partial charge in [0, 0.05) is 18.8 Å². The van der Waals surface area contributed by atoms with Crippen molar-refractivity contribution in [3.63, 3.8) is 0 Å². The molecule has 0 amide bonds. The molecule has 0 aliphatic carbocycles. The van der Waals surface area contributed by atoms with Gasteiger partial charge >= 0.3 is 11.9 Å². The van der Waals surface area contributed by atoms with Gasteiger partial charge in [-0.05, 0) is 13.3 Å².